The summed E-state index contributed by atoms with van der Waals surface area (Å²) in [5.41, 5.74) is 3.84. The van der Waals surface area contributed by atoms with Crippen LogP contribution in [-0.2, 0) is 19.1 Å². The summed E-state index contributed by atoms with van der Waals surface area (Å²) in [4.78, 5) is 21.8. The quantitative estimate of drug-likeness (QED) is 0.398. The molecular formula is C20H32O4. The highest BCUT2D eigenvalue weighted by atomic mass is 16.5. The van der Waals surface area contributed by atoms with E-state index in [2.05, 4.69) is 37.7 Å². The number of ether oxygens (including phenoxy) is 2. The molecular weight excluding hydrogens is 304 g/mol. The second-order valence-electron chi connectivity index (χ2n) is 6.11. The normalized spacial score (nSPS) is 13.0. The molecule has 4 nitrogen and oxygen atoms in total. The Labute approximate surface area is 146 Å². The fourth-order valence-corrected chi connectivity index (χ4v) is 2.10. The molecule has 0 fully saturated rings. The molecule has 0 bridgehead atoms. The topological polar surface area (TPSA) is 52.6 Å². The Balaban J connectivity index is 3.98. The zero-order valence-electron chi connectivity index (χ0n) is 15.8. The van der Waals surface area contributed by atoms with Crippen LogP contribution in [0, 0.1) is 0 Å². The van der Waals surface area contributed by atoms with Crippen LogP contribution in [0.2, 0.25) is 0 Å². The van der Waals surface area contributed by atoms with Crippen molar-refractivity contribution in [2.75, 3.05) is 13.7 Å². The van der Waals surface area contributed by atoms with Gasteiger partial charge in [-0.05, 0) is 59.0 Å². The van der Waals surface area contributed by atoms with Gasteiger partial charge < -0.3 is 9.47 Å². The molecule has 4 heteroatoms. The van der Waals surface area contributed by atoms with E-state index in [9.17, 15) is 9.59 Å². The molecule has 136 valence electrons. The minimum absolute atomic E-state index is 0.157. The third-order valence-electron chi connectivity index (χ3n) is 3.73. The van der Waals surface area contributed by atoms with Crippen LogP contribution in [0.4, 0.5) is 0 Å². The largest absolute Gasteiger partial charge is 0.469 e. The van der Waals surface area contributed by atoms with Gasteiger partial charge >= 0.3 is 11.9 Å². The molecule has 0 aliphatic rings. The maximum atomic E-state index is 11.1. The van der Waals surface area contributed by atoms with E-state index in [1.165, 1.54) is 30.8 Å². The van der Waals surface area contributed by atoms with E-state index >= 15 is 0 Å². The van der Waals surface area contributed by atoms with E-state index in [-0.39, 0.29) is 11.9 Å². The van der Waals surface area contributed by atoms with Gasteiger partial charge in [-0.1, -0.05) is 28.9 Å². The molecule has 0 aliphatic heterocycles. The van der Waals surface area contributed by atoms with Crippen LogP contribution in [0.1, 0.15) is 66.2 Å². The molecule has 0 aromatic heterocycles. The second-order valence-corrected chi connectivity index (χ2v) is 6.11. The van der Waals surface area contributed by atoms with Crippen LogP contribution >= 0.6 is 0 Å². The lowest BCUT2D eigenvalue weighted by molar-refractivity contribution is -0.141. The molecule has 24 heavy (non-hydrogen) atoms. The third kappa shape index (κ3) is 13.8. The number of methoxy groups -OCH3 is 1. The van der Waals surface area contributed by atoms with Gasteiger partial charge in [-0.25, -0.2) is 0 Å². The van der Waals surface area contributed by atoms with Crippen molar-refractivity contribution in [1.82, 2.24) is 0 Å². The molecule has 0 spiro atoms. The molecule has 0 rings (SSSR count). The average Bonchev–Trinajstić information content (AvgIpc) is 2.52. The standard InChI is InChI=1S/C20H32O4/c1-16(8-6-10-17(2)12-13-20(22)23-5)9-7-11-18(3)14-15-24-19(4)21/h9-10,14H,6-8,11-13,15H2,1-5H3/b16-9+,17-10+,18-14+. The monoisotopic (exact) mass is 336 g/mol. The van der Waals surface area contributed by atoms with E-state index in [0.717, 1.165) is 32.1 Å². The summed E-state index contributed by atoms with van der Waals surface area (Å²) in [5.74, 6) is -0.402. The van der Waals surface area contributed by atoms with Crippen molar-refractivity contribution in [3.05, 3.63) is 34.9 Å². The Kier molecular flexibility index (Phi) is 12.5. The lowest BCUT2D eigenvalue weighted by Gasteiger charge is -2.03. The average molecular weight is 336 g/mol. The first-order valence-corrected chi connectivity index (χ1v) is 8.52. The van der Waals surface area contributed by atoms with Gasteiger partial charge in [0.1, 0.15) is 6.61 Å². The molecule has 0 N–H and O–H groups in total. The molecule has 0 radical (unpaired) electrons. The highest BCUT2D eigenvalue weighted by Gasteiger charge is 2.00. The van der Waals surface area contributed by atoms with Gasteiger partial charge in [-0.2, -0.15) is 0 Å². The van der Waals surface area contributed by atoms with Crippen molar-refractivity contribution < 1.29 is 19.1 Å². The van der Waals surface area contributed by atoms with E-state index in [1.54, 1.807) is 0 Å². The first-order valence-electron chi connectivity index (χ1n) is 8.52. The van der Waals surface area contributed by atoms with Crippen molar-refractivity contribution in [3.63, 3.8) is 0 Å². The zero-order valence-corrected chi connectivity index (χ0v) is 15.8. The summed E-state index contributed by atoms with van der Waals surface area (Å²) >= 11 is 0. The second kappa shape index (κ2) is 13.6. The van der Waals surface area contributed by atoms with Gasteiger partial charge in [0, 0.05) is 13.3 Å². The smallest absolute Gasteiger partial charge is 0.305 e. The number of esters is 2. The van der Waals surface area contributed by atoms with E-state index in [0.29, 0.717) is 13.0 Å². The van der Waals surface area contributed by atoms with Gasteiger partial charge in [0.05, 0.1) is 7.11 Å². The SMILES string of the molecule is COC(=O)CC/C(C)=C/CC/C(C)=C/CC/C(C)=C/COC(C)=O. The molecule has 0 unspecified atom stereocenters. The highest BCUT2D eigenvalue weighted by molar-refractivity contribution is 5.69. The summed E-state index contributed by atoms with van der Waals surface area (Å²) in [7, 11) is 1.42. The molecule has 0 aromatic carbocycles. The van der Waals surface area contributed by atoms with Crippen molar-refractivity contribution in [2.45, 2.75) is 66.2 Å². The van der Waals surface area contributed by atoms with Crippen molar-refractivity contribution in [1.29, 1.82) is 0 Å². The van der Waals surface area contributed by atoms with Gasteiger partial charge in [-0.3, -0.25) is 9.59 Å². The molecule has 0 aliphatic carbocycles. The van der Waals surface area contributed by atoms with Gasteiger partial charge in [-0.15, -0.1) is 0 Å². The third-order valence-corrected chi connectivity index (χ3v) is 3.73. The first kappa shape index (κ1) is 22.2. The summed E-state index contributed by atoms with van der Waals surface area (Å²) in [6.07, 6.45) is 11.6. The Bertz CT molecular complexity index is 484. The fraction of sp³-hybridized carbons (Fsp3) is 0.600. The maximum absolute atomic E-state index is 11.1. The van der Waals surface area contributed by atoms with Gasteiger partial charge in [0.25, 0.3) is 0 Å². The molecule has 0 amide bonds. The minimum atomic E-state index is -0.246. The minimum Gasteiger partial charge on any atom is -0.469 e. The van der Waals surface area contributed by atoms with Gasteiger partial charge in [0.15, 0.2) is 0 Å². The lowest BCUT2D eigenvalue weighted by Crippen LogP contribution is -1.99. The number of carbonyl (C=O) groups excluding carboxylic acids is 2. The first-order chi connectivity index (χ1) is 11.3. The summed E-state index contributed by atoms with van der Waals surface area (Å²) in [6, 6.07) is 0. The van der Waals surface area contributed by atoms with Crippen LogP contribution < -0.4 is 0 Å². The Hall–Kier alpha value is -1.84. The summed E-state index contributed by atoms with van der Waals surface area (Å²) < 4.78 is 9.53. The Morgan fingerprint density at radius 3 is 1.75 bits per heavy atom. The molecule has 0 aromatic rings. The number of hydrogen-bond acceptors (Lipinski definition) is 4. The molecule has 0 saturated carbocycles. The molecule has 0 atom stereocenters. The summed E-state index contributed by atoms with van der Waals surface area (Å²) in [6.45, 7) is 8.04. The Morgan fingerprint density at radius 2 is 1.25 bits per heavy atom. The van der Waals surface area contributed by atoms with Crippen molar-refractivity contribution in [3.8, 4) is 0 Å². The Morgan fingerprint density at radius 1 is 0.750 bits per heavy atom. The zero-order chi connectivity index (χ0) is 18.4. The van der Waals surface area contributed by atoms with E-state index in [4.69, 9.17) is 4.74 Å². The predicted molar refractivity (Wildman–Crippen MR) is 97.6 cm³/mol. The van der Waals surface area contributed by atoms with Crippen LogP contribution in [-0.4, -0.2) is 25.7 Å². The van der Waals surface area contributed by atoms with Crippen molar-refractivity contribution >= 4 is 11.9 Å². The van der Waals surface area contributed by atoms with E-state index in [1.807, 2.05) is 6.08 Å². The number of allylic oxidation sites excluding steroid dienone is 5. The lowest BCUT2D eigenvalue weighted by atomic mass is 10.1. The van der Waals surface area contributed by atoms with Crippen LogP contribution in [0.3, 0.4) is 0 Å². The van der Waals surface area contributed by atoms with Crippen molar-refractivity contribution in [2.24, 2.45) is 0 Å². The molecule has 0 saturated heterocycles. The predicted octanol–water partition coefficient (Wildman–Crippen LogP) is 4.90. The number of rotatable bonds is 11. The van der Waals surface area contributed by atoms with Crippen LogP contribution in [0.25, 0.3) is 0 Å². The summed E-state index contributed by atoms with van der Waals surface area (Å²) in [5, 5.41) is 0. The number of carbonyl (C=O) groups is 2. The maximum Gasteiger partial charge on any atom is 0.305 e. The van der Waals surface area contributed by atoms with Crippen LogP contribution in [0.15, 0.2) is 34.9 Å². The van der Waals surface area contributed by atoms with Crippen LogP contribution in [0.5, 0.6) is 0 Å². The fourth-order valence-electron chi connectivity index (χ4n) is 2.10. The molecule has 0 heterocycles. The highest BCUT2D eigenvalue weighted by Crippen LogP contribution is 2.13. The van der Waals surface area contributed by atoms with Gasteiger partial charge in [0.2, 0.25) is 0 Å². The number of hydrogen-bond donors (Lipinski definition) is 0. The van der Waals surface area contributed by atoms with E-state index < -0.39 is 0 Å².